The predicted molar refractivity (Wildman–Crippen MR) is 62.4 cm³/mol. The number of rotatable bonds is 9. The summed E-state index contributed by atoms with van der Waals surface area (Å²) in [6.45, 7) is 9.45. The Morgan fingerprint density at radius 3 is 2.21 bits per heavy atom. The first-order valence-electron chi connectivity index (χ1n) is 6.00. The molecule has 0 aliphatic rings. The molecule has 0 fully saturated rings. The Labute approximate surface area is 89.1 Å². The smallest absolute Gasteiger partial charge is 0.0431 e. The van der Waals surface area contributed by atoms with Crippen molar-refractivity contribution in [2.24, 2.45) is 11.8 Å². The molecule has 2 N–H and O–H groups in total. The maximum atomic E-state index is 8.59. The highest BCUT2D eigenvalue weighted by Gasteiger charge is 2.05. The van der Waals surface area contributed by atoms with Gasteiger partial charge in [0.25, 0.3) is 0 Å². The standard InChI is InChI=1S/C12H27NO/c1-11(2)12(3)10-13-8-6-4-5-7-9-14/h11-14H,4-10H2,1-3H3. The summed E-state index contributed by atoms with van der Waals surface area (Å²) >= 11 is 0. The third kappa shape index (κ3) is 8.52. The first kappa shape index (κ1) is 13.9. The van der Waals surface area contributed by atoms with E-state index in [9.17, 15) is 0 Å². The van der Waals surface area contributed by atoms with Crippen LogP contribution in [-0.2, 0) is 0 Å². The number of hydrogen-bond acceptors (Lipinski definition) is 2. The van der Waals surface area contributed by atoms with Crippen LogP contribution in [0.5, 0.6) is 0 Å². The van der Waals surface area contributed by atoms with Gasteiger partial charge in [0.1, 0.15) is 0 Å². The lowest BCUT2D eigenvalue weighted by atomic mass is 9.98. The van der Waals surface area contributed by atoms with Gasteiger partial charge in [-0.1, -0.05) is 33.6 Å². The molecule has 0 heterocycles. The molecular weight excluding hydrogens is 174 g/mol. The highest BCUT2D eigenvalue weighted by molar-refractivity contribution is 4.60. The van der Waals surface area contributed by atoms with Gasteiger partial charge < -0.3 is 10.4 Å². The average Bonchev–Trinajstić information content (AvgIpc) is 2.16. The fourth-order valence-electron chi connectivity index (χ4n) is 1.28. The lowest BCUT2D eigenvalue weighted by Gasteiger charge is -2.15. The molecule has 1 unspecified atom stereocenters. The molecule has 14 heavy (non-hydrogen) atoms. The molecule has 0 spiro atoms. The van der Waals surface area contributed by atoms with Crippen LogP contribution in [0.1, 0.15) is 46.5 Å². The molecule has 0 amide bonds. The molecule has 2 nitrogen and oxygen atoms in total. The second-order valence-corrected chi connectivity index (χ2v) is 4.56. The summed E-state index contributed by atoms with van der Waals surface area (Å²) in [5.74, 6) is 1.55. The maximum Gasteiger partial charge on any atom is 0.0431 e. The maximum absolute atomic E-state index is 8.59. The molecular formula is C12H27NO. The summed E-state index contributed by atoms with van der Waals surface area (Å²) < 4.78 is 0. The zero-order chi connectivity index (χ0) is 10.8. The van der Waals surface area contributed by atoms with E-state index in [1.165, 1.54) is 12.8 Å². The highest BCUT2D eigenvalue weighted by Crippen LogP contribution is 2.07. The first-order chi connectivity index (χ1) is 6.68. The Morgan fingerprint density at radius 2 is 1.64 bits per heavy atom. The van der Waals surface area contributed by atoms with Crippen LogP contribution in [0.15, 0.2) is 0 Å². The van der Waals surface area contributed by atoms with Gasteiger partial charge in [-0.15, -0.1) is 0 Å². The van der Waals surface area contributed by atoms with E-state index in [2.05, 4.69) is 26.1 Å². The molecule has 0 aromatic heterocycles. The Kier molecular flexibility index (Phi) is 9.42. The molecule has 1 atom stereocenters. The predicted octanol–water partition coefficient (Wildman–Crippen LogP) is 2.42. The van der Waals surface area contributed by atoms with Crippen molar-refractivity contribution in [1.82, 2.24) is 5.32 Å². The molecule has 0 bridgehead atoms. The van der Waals surface area contributed by atoms with Crippen molar-refractivity contribution >= 4 is 0 Å². The van der Waals surface area contributed by atoms with Crippen LogP contribution in [0, 0.1) is 11.8 Å². The van der Waals surface area contributed by atoms with Crippen molar-refractivity contribution in [3.63, 3.8) is 0 Å². The third-order valence-electron chi connectivity index (χ3n) is 2.87. The molecule has 0 saturated carbocycles. The van der Waals surface area contributed by atoms with Crippen LogP contribution in [0.2, 0.25) is 0 Å². The SMILES string of the molecule is CC(C)C(C)CNCCCCCCO. The van der Waals surface area contributed by atoms with Crippen LogP contribution < -0.4 is 5.32 Å². The second-order valence-electron chi connectivity index (χ2n) is 4.56. The van der Waals surface area contributed by atoms with Gasteiger partial charge >= 0.3 is 0 Å². The number of aliphatic hydroxyl groups is 1. The topological polar surface area (TPSA) is 32.3 Å². The fraction of sp³-hybridized carbons (Fsp3) is 1.00. The number of nitrogens with one attached hydrogen (secondary N) is 1. The van der Waals surface area contributed by atoms with E-state index in [4.69, 9.17) is 5.11 Å². The van der Waals surface area contributed by atoms with Crippen LogP contribution >= 0.6 is 0 Å². The molecule has 0 saturated heterocycles. The lowest BCUT2D eigenvalue weighted by molar-refractivity contribution is 0.282. The minimum atomic E-state index is 0.345. The molecule has 0 aliphatic heterocycles. The minimum Gasteiger partial charge on any atom is -0.396 e. The van der Waals surface area contributed by atoms with Crippen LogP contribution in [0.25, 0.3) is 0 Å². The van der Waals surface area contributed by atoms with Crippen molar-refractivity contribution in [3.05, 3.63) is 0 Å². The highest BCUT2D eigenvalue weighted by atomic mass is 16.2. The van der Waals surface area contributed by atoms with E-state index in [0.717, 1.165) is 37.8 Å². The van der Waals surface area contributed by atoms with Gasteiger partial charge in [-0.05, 0) is 37.8 Å². The van der Waals surface area contributed by atoms with Crippen molar-refractivity contribution in [3.8, 4) is 0 Å². The zero-order valence-electron chi connectivity index (χ0n) is 10.1. The van der Waals surface area contributed by atoms with Gasteiger partial charge in [-0.3, -0.25) is 0 Å². The lowest BCUT2D eigenvalue weighted by Crippen LogP contribution is -2.25. The Hall–Kier alpha value is -0.0800. The summed E-state index contributed by atoms with van der Waals surface area (Å²) in [4.78, 5) is 0. The summed E-state index contributed by atoms with van der Waals surface area (Å²) in [6, 6.07) is 0. The summed E-state index contributed by atoms with van der Waals surface area (Å²) in [6.07, 6.45) is 4.61. The molecule has 0 aliphatic carbocycles. The Balaban J connectivity index is 3.06. The van der Waals surface area contributed by atoms with E-state index < -0.39 is 0 Å². The van der Waals surface area contributed by atoms with Crippen LogP contribution in [-0.4, -0.2) is 24.8 Å². The fourth-order valence-corrected chi connectivity index (χ4v) is 1.28. The molecule has 0 radical (unpaired) electrons. The molecule has 0 aromatic rings. The van der Waals surface area contributed by atoms with E-state index in [0.29, 0.717) is 6.61 Å². The monoisotopic (exact) mass is 201 g/mol. The van der Waals surface area contributed by atoms with Crippen LogP contribution in [0.3, 0.4) is 0 Å². The molecule has 2 heteroatoms. The number of unbranched alkanes of at least 4 members (excludes halogenated alkanes) is 3. The summed E-state index contributed by atoms with van der Waals surface area (Å²) in [7, 11) is 0. The molecule has 0 rings (SSSR count). The van der Waals surface area contributed by atoms with E-state index in [1.807, 2.05) is 0 Å². The van der Waals surface area contributed by atoms with Gasteiger partial charge in [0.15, 0.2) is 0 Å². The van der Waals surface area contributed by atoms with Gasteiger partial charge in [-0.25, -0.2) is 0 Å². The quantitative estimate of drug-likeness (QED) is 0.562. The molecule has 0 aromatic carbocycles. The number of aliphatic hydroxyl groups excluding tert-OH is 1. The second kappa shape index (κ2) is 9.47. The van der Waals surface area contributed by atoms with E-state index in [-0.39, 0.29) is 0 Å². The van der Waals surface area contributed by atoms with E-state index >= 15 is 0 Å². The van der Waals surface area contributed by atoms with Gasteiger partial charge in [-0.2, -0.15) is 0 Å². The van der Waals surface area contributed by atoms with E-state index in [1.54, 1.807) is 0 Å². The number of hydrogen-bond donors (Lipinski definition) is 2. The average molecular weight is 201 g/mol. The van der Waals surface area contributed by atoms with Gasteiger partial charge in [0.05, 0.1) is 0 Å². The van der Waals surface area contributed by atoms with Gasteiger partial charge in [0, 0.05) is 6.61 Å². The largest absolute Gasteiger partial charge is 0.396 e. The zero-order valence-corrected chi connectivity index (χ0v) is 10.1. The van der Waals surface area contributed by atoms with Crippen molar-refractivity contribution < 1.29 is 5.11 Å². The van der Waals surface area contributed by atoms with Crippen molar-refractivity contribution in [1.29, 1.82) is 0 Å². The molecule has 86 valence electrons. The Bertz CT molecular complexity index is 115. The minimum absolute atomic E-state index is 0.345. The van der Waals surface area contributed by atoms with Crippen molar-refractivity contribution in [2.45, 2.75) is 46.5 Å². The summed E-state index contributed by atoms with van der Waals surface area (Å²) in [5.41, 5.74) is 0. The normalized spacial score (nSPS) is 13.5. The Morgan fingerprint density at radius 1 is 1.00 bits per heavy atom. The van der Waals surface area contributed by atoms with Crippen molar-refractivity contribution in [2.75, 3.05) is 19.7 Å². The van der Waals surface area contributed by atoms with Crippen LogP contribution in [0.4, 0.5) is 0 Å². The summed E-state index contributed by atoms with van der Waals surface area (Å²) in [5, 5.41) is 12.1. The first-order valence-corrected chi connectivity index (χ1v) is 6.00. The van der Waals surface area contributed by atoms with Gasteiger partial charge in [0.2, 0.25) is 0 Å². The third-order valence-corrected chi connectivity index (χ3v) is 2.87.